The van der Waals surface area contributed by atoms with Gasteiger partial charge >= 0.3 is 0 Å². The van der Waals surface area contributed by atoms with E-state index in [4.69, 9.17) is 0 Å². The van der Waals surface area contributed by atoms with Crippen molar-refractivity contribution in [3.63, 3.8) is 0 Å². The predicted octanol–water partition coefficient (Wildman–Crippen LogP) is -0.0229. The molecule has 0 spiro atoms. The Morgan fingerprint density at radius 2 is 2.14 bits per heavy atom. The fourth-order valence-corrected chi connectivity index (χ4v) is 0.342. The molecule has 0 saturated heterocycles. The number of rotatable bonds is 4. The van der Waals surface area contributed by atoms with Gasteiger partial charge in [-0.25, -0.2) is 0 Å². The second kappa shape index (κ2) is 5.92. The van der Waals surface area contributed by atoms with Crippen LogP contribution in [0.3, 0.4) is 0 Å². The van der Waals surface area contributed by atoms with Gasteiger partial charge in [0.15, 0.2) is 0 Å². The minimum absolute atomic E-state index is 1.02. The van der Waals surface area contributed by atoms with Crippen LogP contribution in [-0.2, 0) is 0 Å². The molecule has 1 radical (unpaired) electrons. The predicted molar refractivity (Wildman–Crippen MR) is 31.9 cm³/mol. The van der Waals surface area contributed by atoms with Gasteiger partial charge in [0.2, 0.25) is 0 Å². The fraction of sp³-hybridized carbons (Fsp3) is 0.800. The number of likely N-dealkylation sites (N-methyl/N-ethyl adjacent to an activating group) is 1. The highest BCUT2D eigenvalue weighted by atomic mass is 14.9. The van der Waals surface area contributed by atoms with E-state index < -0.39 is 0 Å². The molecule has 0 aliphatic carbocycles. The largest absolute Gasteiger partial charge is 0.318 e. The van der Waals surface area contributed by atoms with Crippen LogP contribution >= 0.6 is 0 Å². The van der Waals surface area contributed by atoms with Crippen LogP contribution in [0.5, 0.6) is 0 Å². The van der Waals surface area contributed by atoms with Gasteiger partial charge in [-0.1, -0.05) is 0 Å². The zero-order chi connectivity index (χ0) is 5.54. The molecule has 0 heterocycles. The molecule has 0 saturated carbocycles. The van der Waals surface area contributed by atoms with E-state index in [0.717, 1.165) is 13.1 Å². The first-order chi connectivity index (χ1) is 3.41. The first-order valence-corrected chi connectivity index (χ1v) is 2.57. The molecule has 0 rings (SSSR count). The first kappa shape index (κ1) is 6.92. The van der Waals surface area contributed by atoms with E-state index >= 15 is 0 Å². The van der Waals surface area contributed by atoms with Gasteiger partial charge in [0.25, 0.3) is 0 Å². The molecule has 0 amide bonds. The monoisotopic (exact) mass is 101 g/mol. The zero-order valence-electron chi connectivity index (χ0n) is 4.99. The summed E-state index contributed by atoms with van der Waals surface area (Å²) < 4.78 is 0. The van der Waals surface area contributed by atoms with Crippen molar-refractivity contribution in [2.45, 2.75) is 6.92 Å². The van der Waals surface area contributed by atoms with Crippen LogP contribution in [0.15, 0.2) is 0 Å². The Hall–Kier alpha value is -0.0800. The van der Waals surface area contributed by atoms with Crippen LogP contribution in [0.25, 0.3) is 0 Å². The van der Waals surface area contributed by atoms with Crippen LogP contribution in [0, 0.1) is 6.54 Å². The summed E-state index contributed by atoms with van der Waals surface area (Å²) in [6.45, 7) is 5.98. The normalized spacial score (nSPS) is 9.43. The molecule has 0 unspecified atom stereocenters. The number of hydrogen-bond donors (Lipinski definition) is 2. The Bertz CT molecular complexity index is 25.3. The molecule has 2 nitrogen and oxygen atoms in total. The third-order valence-corrected chi connectivity index (χ3v) is 0.723. The zero-order valence-corrected chi connectivity index (χ0v) is 4.99. The van der Waals surface area contributed by atoms with Crippen molar-refractivity contribution in [2.75, 3.05) is 20.1 Å². The van der Waals surface area contributed by atoms with Gasteiger partial charge in [-0.05, 0) is 14.0 Å². The van der Waals surface area contributed by atoms with Crippen LogP contribution in [0.2, 0.25) is 0 Å². The second-order valence-corrected chi connectivity index (χ2v) is 1.35. The van der Waals surface area contributed by atoms with Gasteiger partial charge in [-0.2, -0.15) is 0 Å². The molecule has 0 aromatic heterocycles. The van der Waals surface area contributed by atoms with E-state index in [0.29, 0.717) is 0 Å². The minimum atomic E-state index is 1.02. The van der Waals surface area contributed by atoms with Crippen LogP contribution in [0.1, 0.15) is 6.92 Å². The third-order valence-electron chi connectivity index (χ3n) is 0.723. The maximum atomic E-state index is 3.06. The molecular formula is C5H13N2. The SMILES string of the molecule is C[CH]NCCNC. The van der Waals surface area contributed by atoms with Crippen LogP contribution < -0.4 is 10.6 Å². The quantitative estimate of drug-likeness (QED) is 0.486. The molecule has 2 heteroatoms. The summed E-state index contributed by atoms with van der Waals surface area (Å²) in [5.41, 5.74) is 0. The minimum Gasteiger partial charge on any atom is -0.318 e. The lowest BCUT2D eigenvalue weighted by Gasteiger charge is -1.96. The van der Waals surface area contributed by atoms with Crippen molar-refractivity contribution >= 4 is 0 Å². The summed E-state index contributed by atoms with van der Waals surface area (Å²) in [7, 11) is 1.94. The summed E-state index contributed by atoms with van der Waals surface area (Å²) >= 11 is 0. The fourth-order valence-electron chi connectivity index (χ4n) is 0.342. The van der Waals surface area contributed by atoms with Gasteiger partial charge in [0.1, 0.15) is 0 Å². The molecule has 0 aliphatic rings. The molecule has 0 aliphatic heterocycles. The summed E-state index contributed by atoms with van der Waals surface area (Å²) in [6, 6.07) is 0. The van der Waals surface area contributed by atoms with Crippen molar-refractivity contribution in [2.24, 2.45) is 0 Å². The van der Waals surface area contributed by atoms with Gasteiger partial charge in [-0.15, -0.1) is 0 Å². The van der Waals surface area contributed by atoms with Gasteiger partial charge in [-0.3, -0.25) is 0 Å². The Kier molecular flexibility index (Phi) is 5.85. The van der Waals surface area contributed by atoms with Crippen molar-refractivity contribution in [1.82, 2.24) is 10.6 Å². The Balaban J connectivity index is 2.45. The summed E-state index contributed by atoms with van der Waals surface area (Å²) in [6.07, 6.45) is 0. The molecule has 0 aromatic carbocycles. The van der Waals surface area contributed by atoms with E-state index in [9.17, 15) is 0 Å². The average Bonchev–Trinajstić information content (AvgIpc) is 1.69. The molecule has 0 bridgehead atoms. The van der Waals surface area contributed by atoms with E-state index in [1.165, 1.54) is 0 Å². The van der Waals surface area contributed by atoms with Crippen molar-refractivity contribution in [1.29, 1.82) is 0 Å². The average molecular weight is 101 g/mol. The lowest BCUT2D eigenvalue weighted by molar-refractivity contribution is 0.714. The Labute approximate surface area is 45.3 Å². The highest BCUT2D eigenvalue weighted by molar-refractivity contribution is 4.52. The van der Waals surface area contributed by atoms with E-state index in [-0.39, 0.29) is 0 Å². The van der Waals surface area contributed by atoms with Gasteiger partial charge in [0.05, 0.1) is 0 Å². The molecule has 0 atom stereocenters. The van der Waals surface area contributed by atoms with Crippen LogP contribution in [-0.4, -0.2) is 20.1 Å². The highest BCUT2D eigenvalue weighted by Gasteiger charge is 1.76. The summed E-state index contributed by atoms with van der Waals surface area (Å²) in [5.74, 6) is 0. The number of hydrogen-bond acceptors (Lipinski definition) is 2. The lowest BCUT2D eigenvalue weighted by atomic mass is 10.6. The highest BCUT2D eigenvalue weighted by Crippen LogP contribution is 1.58. The third kappa shape index (κ3) is 5.92. The first-order valence-electron chi connectivity index (χ1n) is 2.57. The molecule has 0 fully saturated rings. The van der Waals surface area contributed by atoms with Crippen LogP contribution in [0.4, 0.5) is 0 Å². The topological polar surface area (TPSA) is 24.1 Å². The Morgan fingerprint density at radius 1 is 1.43 bits per heavy atom. The maximum absolute atomic E-state index is 3.06. The standard InChI is InChI=1S/C5H13N2/c1-3-7-5-4-6-2/h3,6-7H,4-5H2,1-2H3. The van der Waals surface area contributed by atoms with E-state index in [1.807, 2.05) is 20.5 Å². The Morgan fingerprint density at radius 3 is 2.57 bits per heavy atom. The molecule has 43 valence electrons. The van der Waals surface area contributed by atoms with Gasteiger partial charge < -0.3 is 10.6 Å². The molecule has 2 N–H and O–H groups in total. The molecule has 7 heavy (non-hydrogen) atoms. The summed E-state index contributed by atoms with van der Waals surface area (Å²) in [5, 5.41) is 6.08. The maximum Gasteiger partial charge on any atom is 0.0190 e. The van der Waals surface area contributed by atoms with E-state index in [1.54, 1.807) is 0 Å². The van der Waals surface area contributed by atoms with Crippen molar-refractivity contribution < 1.29 is 0 Å². The number of nitrogens with one attached hydrogen (secondary N) is 2. The van der Waals surface area contributed by atoms with Crippen molar-refractivity contribution in [3.05, 3.63) is 6.54 Å². The lowest BCUT2D eigenvalue weighted by Crippen LogP contribution is -2.21. The molecule has 0 aromatic rings. The van der Waals surface area contributed by atoms with Crippen molar-refractivity contribution in [3.8, 4) is 0 Å². The smallest absolute Gasteiger partial charge is 0.0190 e. The van der Waals surface area contributed by atoms with Gasteiger partial charge in [0, 0.05) is 19.6 Å². The summed E-state index contributed by atoms with van der Waals surface area (Å²) in [4.78, 5) is 0. The second-order valence-electron chi connectivity index (χ2n) is 1.35. The van der Waals surface area contributed by atoms with E-state index in [2.05, 4.69) is 10.6 Å². The molecular weight excluding hydrogens is 88.1 g/mol.